The number of hydrogen-bond donors (Lipinski definition) is 1. The molecule has 1 N–H and O–H groups in total. The maximum absolute atomic E-state index is 12.2. The van der Waals surface area contributed by atoms with E-state index in [-0.39, 0.29) is 17.9 Å². The van der Waals surface area contributed by atoms with Gasteiger partial charge in [-0.1, -0.05) is 30.3 Å². The number of piperidine rings is 1. The number of nitrogens with one attached hydrogen (secondary N) is 1. The van der Waals surface area contributed by atoms with Crippen molar-refractivity contribution >= 4 is 16.1 Å². The van der Waals surface area contributed by atoms with Gasteiger partial charge in [0.25, 0.3) is 0 Å². The van der Waals surface area contributed by atoms with Crippen molar-refractivity contribution in [2.45, 2.75) is 43.6 Å². The number of ether oxygens (including phenoxy) is 1. The van der Waals surface area contributed by atoms with Crippen LogP contribution in [0.5, 0.6) is 0 Å². The first-order valence-electron chi connectivity index (χ1n) is 8.02. The molecule has 23 heavy (non-hydrogen) atoms. The van der Waals surface area contributed by atoms with Gasteiger partial charge in [0.05, 0.1) is 5.25 Å². The number of amides is 1. The van der Waals surface area contributed by atoms with E-state index in [9.17, 15) is 13.2 Å². The molecule has 1 aromatic rings. The van der Waals surface area contributed by atoms with E-state index >= 15 is 0 Å². The smallest absolute Gasteiger partial charge is 0.407 e. The van der Waals surface area contributed by atoms with Crippen molar-refractivity contribution in [1.29, 1.82) is 0 Å². The number of alkyl carbamates (subject to hydrolysis) is 1. The van der Waals surface area contributed by atoms with E-state index in [1.54, 1.807) is 4.31 Å². The number of sulfonamides is 1. The van der Waals surface area contributed by atoms with Crippen LogP contribution in [0.2, 0.25) is 0 Å². The second-order valence-electron chi connectivity index (χ2n) is 6.12. The Labute approximate surface area is 136 Å². The third-order valence-corrected chi connectivity index (χ3v) is 6.69. The molecule has 3 rings (SSSR count). The van der Waals surface area contributed by atoms with Gasteiger partial charge >= 0.3 is 6.09 Å². The Morgan fingerprint density at radius 2 is 1.78 bits per heavy atom. The van der Waals surface area contributed by atoms with E-state index in [2.05, 4.69) is 5.32 Å². The third kappa shape index (κ3) is 4.23. The summed E-state index contributed by atoms with van der Waals surface area (Å²) in [6.07, 6.45) is 2.38. The van der Waals surface area contributed by atoms with Gasteiger partial charge in [-0.2, -0.15) is 0 Å². The molecule has 2 fully saturated rings. The zero-order chi connectivity index (χ0) is 16.3. The summed E-state index contributed by atoms with van der Waals surface area (Å²) >= 11 is 0. The van der Waals surface area contributed by atoms with E-state index in [1.807, 2.05) is 30.3 Å². The second kappa shape index (κ2) is 6.88. The minimum absolute atomic E-state index is 0.0241. The summed E-state index contributed by atoms with van der Waals surface area (Å²) in [5.74, 6) is 0. The number of carbonyl (C=O) groups is 1. The molecule has 6 nitrogen and oxygen atoms in total. The first-order chi connectivity index (χ1) is 11.1. The van der Waals surface area contributed by atoms with Crippen LogP contribution in [0.3, 0.4) is 0 Å². The maximum Gasteiger partial charge on any atom is 0.407 e. The Morgan fingerprint density at radius 1 is 1.13 bits per heavy atom. The van der Waals surface area contributed by atoms with Crippen molar-refractivity contribution in [2.75, 3.05) is 13.1 Å². The molecule has 1 aromatic carbocycles. The molecule has 0 atom stereocenters. The third-order valence-electron chi connectivity index (χ3n) is 4.29. The van der Waals surface area contributed by atoms with Gasteiger partial charge in [0, 0.05) is 19.1 Å². The van der Waals surface area contributed by atoms with Gasteiger partial charge < -0.3 is 10.1 Å². The first-order valence-corrected chi connectivity index (χ1v) is 9.52. The van der Waals surface area contributed by atoms with Crippen molar-refractivity contribution in [3.8, 4) is 0 Å². The van der Waals surface area contributed by atoms with E-state index in [4.69, 9.17) is 4.74 Å². The second-order valence-corrected chi connectivity index (χ2v) is 8.34. The summed E-state index contributed by atoms with van der Waals surface area (Å²) in [7, 11) is -3.10. The average Bonchev–Trinajstić information content (AvgIpc) is 3.40. The SMILES string of the molecule is O=C(NC1CCN(S(=O)(=O)C2CC2)CC1)OCc1ccccc1. The predicted octanol–water partition coefficient (Wildman–Crippen LogP) is 1.87. The van der Waals surface area contributed by atoms with E-state index < -0.39 is 16.1 Å². The number of benzene rings is 1. The quantitative estimate of drug-likeness (QED) is 0.889. The molecule has 126 valence electrons. The lowest BCUT2D eigenvalue weighted by Gasteiger charge is -2.31. The van der Waals surface area contributed by atoms with Gasteiger partial charge in [-0.25, -0.2) is 17.5 Å². The normalized spacial score (nSPS) is 20.2. The molecule has 1 aliphatic carbocycles. The van der Waals surface area contributed by atoms with Crippen molar-refractivity contribution in [1.82, 2.24) is 9.62 Å². The van der Waals surface area contributed by atoms with Crippen LogP contribution in [0.15, 0.2) is 30.3 Å². The molecule has 1 saturated carbocycles. The van der Waals surface area contributed by atoms with Crippen LogP contribution in [0.25, 0.3) is 0 Å². The summed E-state index contributed by atoms with van der Waals surface area (Å²) in [6, 6.07) is 9.47. The van der Waals surface area contributed by atoms with Gasteiger partial charge in [-0.05, 0) is 31.2 Å². The zero-order valence-electron chi connectivity index (χ0n) is 13.0. The van der Waals surface area contributed by atoms with Crippen molar-refractivity contribution in [3.63, 3.8) is 0 Å². The van der Waals surface area contributed by atoms with Crippen LogP contribution in [0.4, 0.5) is 4.79 Å². The van der Waals surface area contributed by atoms with Crippen LogP contribution < -0.4 is 5.32 Å². The van der Waals surface area contributed by atoms with Crippen molar-refractivity contribution in [3.05, 3.63) is 35.9 Å². The largest absolute Gasteiger partial charge is 0.445 e. The molecule has 1 heterocycles. The fraction of sp³-hybridized carbons (Fsp3) is 0.562. The van der Waals surface area contributed by atoms with Gasteiger partial charge in [0.15, 0.2) is 0 Å². The number of rotatable bonds is 5. The van der Waals surface area contributed by atoms with E-state index in [1.165, 1.54) is 0 Å². The molecular formula is C16H22N2O4S. The molecular weight excluding hydrogens is 316 g/mol. The Morgan fingerprint density at radius 3 is 2.39 bits per heavy atom. The monoisotopic (exact) mass is 338 g/mol. The van der Waals surface area contributed by atoms with E-state index in [0.717, 1.165) is 18.4 Å². The maximum atomic E-state index is 12.2. The van der Waals surface area contributed by atoms with Crippen LogP contribution >= 0.6 is 0 Å². The highest BCUT2D eigenvalue weighted by atomic mass is 32.2. The Bertz CT molecular complexity index is 635. The molecule has 1 saturated heterocycles. The molecule has 2 aliphatic rings. The molecule has 0 aromatic heterocycles. The summed E-state index contributed by atoms with van der Waals surface area (Å²) in [5, 5.41) is 2.66. The minimum Gasteiger partial charge on any atom is -0.445 e. The Kier molecular flexibility index (Phi) is 4.87. The highest BCUT2D eigenvalue weighted by Crippen LogP contribution is 2.32. The van der Waals surface area contributed by atoms with Crippen LogP contribution in [0, 0.1) is 0 Å². The lowest BCUT2D eigenvalue weighted by molar-refractivity contribution is 0.131. The molecule has 0 spiro atoms. The first kappa shape index (κ1) is 16.3. The van der Waals surface area contributed by atoms with Crippen molar-refractivity contribution in [2.24, 2.45) is 0 Å². The highest BCUT2D eigenvalue weighted by Gasteiger charge is 2.41. The van der Waals surface area contributed by atoms with Gasteiger partial charge in [-0.3, -0.25) is 0 Å². The summed E-state index contributed by atoms with van der Waals surface area (Å²) < 4.78 is 31.1. The standard InChI is InChI=1S/C16H22N2O4S/c19-16(22-12-13-4-2-1-3-5-13)17-14-8-10-18(11-9-14)23(20,21)15-6-7-15/h1-5,14-15H,6-12H2,(H,17,19). The summed E-state index contributed by atoms with van der Waals surface area (Å²) in [5.41, 5.74) is 0.938. The van der Waals surface area contributed by atoms with Crippen LogP contribution in [-0.2, 0) is 21.4 Å². The number of hydrogen-bond acceptors (Lipinski definition) is 4. The molecule has 1 amide bonds. The number of nitrogens with zero attached hydrogens (tertiary/aromatic N) is 1. The molecule has 0 unspecified atom stereocenters. The van der Waals surface area contributed by atoms with E-state index in [0.29, 0.717) is 25.9 Å². The highest BCUT2D eigenvalue weighted by molar-refractivity contribution is 7.90. The zero-order valence-corrected chi connectivity index (χ0v) is 13.8. The molecule has 7 heteroatoms. The fourth-order valence-electron chi connectivity index (χ4n) is 2.76. The molecule has 0 radical (unpaired) electrons. The molecule has 1 aliphatic heterocycles. The van der Waals surface area contributed by atoms with Gasteiger partial charge in [0.1, 0.15) is 6.61 Å². The van der Waals surface area contributed by atoms with Crippen molar-refractivity contribution < 1.29 is 17.9 Å². The molecule has 0 bridgehead atoms. The Balaban J connectivity index is 1.41. The van der Waals surface area contributed by atoms with Crippen LogP contribution in [-0.4, -0.2) is 43.2 Å². The lowest BCUT2D eigenvalue weighted by atomic mass is 10.1. The topological polar surface area (TPSA) is 75.7 Å². The summed E-state index contributed by atoms with van der Waals surface area (Å²) in [4.78, 5) is 11.8. The van der Waals surface area contributed by atoms with Crippen LogP contribution in [0.1, 0.15) is 31.2 Å². The van der Waals surface area contributed by atoms with Gasteiger partial charge in [-0.15, -0.1) is 0 Å². The summed E-state index contributed by atoms with van der Waals surface area (Å²) in [6.45, 7) is 1.19. The predicted molar refractivity (Wildman–Crippen MR) is 86.3 cm³/mol. The lowest BCUT2D eigenvalue weighted by Crippen LogP contribution is -2.47. The average molecular weight is 338 g/mol. The number of carbonyl (C=O) groups excluding carboxylic acids is 1. The minimum atomic E-state index is -3.10. The van der Waals surface area contributed by atoms with Gasteiger partial charge in [0.2, 0.25) is 10.0 Å². The Hall–Kier alpha value is -1.60. The fourth-order valence-corrected chi connectivity index (χ4v) is 4.64.